The van der Waals surface area contributed by atoms with Gasteiger partial charge in [0.15, 0.2) is 22.3 Å². The van der Waals surface area contributed by atoms with Gasteiger partial charge >= 0.3 is 0 Å². The van der Waals surface area contributed by atoms with Gasteiger partial charge in [0.1, 0.15) is 18.9 Å². The van der Waals surface area contributed by atoms with Crippen LogP contribution < -0.4 is 14.4 Å². The lowest BCUT2D eigenvalue weighted by Crippen LogP contribution is -2.31. The number of thiazole rings is 1. The van der Waals surface area contributed by atoms with Crippen LogP contribution in [0.3, 0.4) is 0 Å². The van der Waals surface area contributed by atoms with Crippen molar-refractivity contribution in [2.75, 3.05) is 24.7 Å². The van der Waals surface area contributed by atoms with Gasteiger partial charge in [0.25, 0.3) is 5.91 Å². The van der Waals surface area contributed by atoms with Gasteiger partial charge < -0.3 is 14.4 Å². The molecule has 0 aliphatic carbocycles. The molecule has 0 saturated carbocycles. The summed E-state index contributed by atoms with van der Waals surface area (Å²) in [5.74, 6) is 1.58. The van der Waals surface area contributed by atoms with Crippen molar-refractivity contribution in [2.45, 2.75) is 0 Å². The minimum absolute atomic E-state index is 0.220. The van der Waals surface area contributed by atoms with Crippen molar-refractivity contribution in [3.05, 3.63) is 89.7 Å². The normalized spacial score (nSPS) is 12.6. The fourth-order valence-electron chi connectivity index (χ4n) is 3.39. The summed E-state index contributed by atoms with van der Waals surface area (Å²) in [6, 6.07) is 17.2. The summed E-state index contributed by atoms with van der Waals surface area (Å²) < 4.78 is 11.4. The third kappa shape index (κ3) is 4.75. The molecule has 2 aromatic heterocycles. The first kappa shape index (κ1) is 20.8. The second kappa shape index (κ2) is 9.62. The molecule has 1 amide bonds. The molecule has 0 N–H and O–H groups in total. The van der Waals surface area contributed by atoms with E-state index in [1.54, 1.807) is 28.7 Å². The van der Waals surface area contributed by atoms with E-state index in [0.29, 0.717) is 53.5 Å². The number of anilines is 1. The Morgan fingerprint density at radius 3 is 2.61 bits per heavy atom. The number of fused-ring (bicyclic) bond motifs is 1. The van der Waals surface area contributed by atoms with Gasteiger partial charge in [-0.25, -0.2) is 15.0 Å². The van der Waals surface area contributed by atoms with Crippen LogP contribution in [-0.4, -0.2) is 40.6 Å². The predicted octanol–water partition coefficient (Wildman–Crippen LogP) is 4.73. The molecule has 33 heavy (non-hydrogen) atoms. The topological polar surface area (TPSA) is 77.4 Å². The van der Waals surface area contributed by atoms with E-state index in [9.17, 15) is 4.79 Å². The third-order valence-electron chi connectivity index (χ3n) is 4.96. The maximum absolute atomic E-state index is 13.5. The average Bonchev–Trinajstić information content (AvgIpc) is 3.38. The zero-order chi connectivity index (χ0) is 22.5. The molecular formula is C25H20N4O3S. The van der Waals surface area contributed by atoms with Gasteiger partial charge in [0.05, 0.1) is 0 Å². The van der Waals surface area contributed by atoms with Gasteiger partial charge in [-0.05, 0) is 23.8 Å². The molecule has 0 atom stereocenters. The first-order valence-corrected chi connectivity index (χ1v) is 11.3. The fourth-order valence-corrected chi connectivity index (χ4v) is 4.12. The molecule has 0 fully saturated rings. The molecule has 1 aliphatic rings. The monoisotopic (exact) mass is 456 g/mol. The van der Waals surface area contributed by atoms with Crippen LogP contribution in [0.4, 0.5) is 5.69 Å². The van der Waals surface area contributed by atoms with Crippen LogP contribution in [0, 0.1) is 0 Å². The van der Waals surface area contributed by atoms with E-state index >= 15 is 0 Å². The molecule has 0 spiro atoms. The van der Waals surface area contributed by atoms with Gasteiger partial charge in [-0.1, -0.05) is 42.5 Å². The largest absolute Gasteiger partial charge is 0.486 e. The summed E-state index contributed by atoms with van der Waals surface area (Å²) in [6.07, 6.45) is 7.25. The van der Waals surface area contributed by atoms with E-state index in [4.69, 9.17) is 9.47 Å². The highest BCUT2D eigenvalue weighted by Crippen LogP contribution is 2.34. The molecule has 0 saturated heterocycles. The van der Waals surface area contributed by atoms with Crippen LogP contribution in [-0.2, 0) is 0 Å². The minimum atomic E-state index is -0.220. The molecule has 8 heteroatoms. The molecule has 0 bridgehead atoms. The van der Waals surface area contributed by atoms with Gasteiger partial charge in [0.2, 0.25) is 0 Å². The van der Waals surface area contributed by atoms with Crippen molar-refractivity contribution in [1.29, 1.82) is 0 Å². The van der Waals surface area contributed by atoms with Crippen LogP contribution >= 0.6 is 11.3 Å². The molecule has 2 aromatic carbocycles. The Bertz CT molecular complexity index is 1280. The number of benzene rings is 2. The summed E-state index contributed by atoms with van der Waals surface area (Å²) in [4.78, 5) is 28.1. The highest BCUT2D eigenvalue weighted by molar-refractivity contribution is 7.13. The molecule has 164 valence electrons. The van der Waals surface area contributed by atoms with Crippen molar-refractivity contribution < 1.29 is 14.3 Å². The van der Waals surface area contributed by atoms with E-state index in [2.05, 4.69) is 15.0 Å². The Balaban J connectivity index is 1.45. The van der Waals surface area contributed by atoms with Crippen molar-refractivity contribution in [1.82, 2.24) is 15.0 Å². The fraction of sp³-hybridized carbons (Fsp3) is 0.120. The Kier molecular flexibility index (Phi) is 6.08. The van der Waals surface area contributed by atoms with E-state index < -0.39 is 0 Å². The SMILES string of the molecule is O=C(c1csc(-c2ncccn2)n1)N(C/C=C/c1ccccc1)c1ccc2c(c1)OCCO2. The summed E-state index contributed by atoms with van der Waals surface area (Å²) in [6.45, 7) is 1.35. The number of carbonyl (C=O) groups is 1. The zero-order valence-electron chi connectivity index (χ0n) is 17.6. The summed E-state index contributed by atoms with van der Waals surface area (Å²) >= 11 is 1.34. The van der Waals surface area contributed by atoms with E-state index in [-0.39, 0.29) is 5.91 Å². The van der Waals surface area contributed by atoms with Crippen LogP contribution in [0.25, 0.3) is 16.9 Å². The van der Waals surface area contributed by atoms with Gasteiger partial charge in [-0.3, -0.25) is 4.79 Å². The minimum Gasteiger partial charge on any atom is -0.486 e. The molecule has 3 heterocycles. The Morgan fingerprint density at radius 1 is 1.00 bits per heavy atom. The van der Waals surface area contributed by atoms with Crippen molar-refractivity contribution >= 4 is 29.0 Å². The Labute approximate surface area is 195 Å². The maximum atomic E-state index is 13.5. The highest BCUT2D eigenvalue weighted by Gasteiger charge is 2.23. The van der Waals surface area contributed by atoms with Gasteiger partial charge in [-0.2, -0.15) is 0 Å². The van der Waals surface area contributed by atoms with Gasteiger partial charge in [0, 0.05) is 36.1 Å². The van der Waals surface area contributed by atoms with Crippen molar-refractivity contribution in [2.24, 2.45) is 0 Å². The molecule has 4 aromatic rings. The van der Waals surface area contributed by atoms with Crippen molar-refractivity contribution in [3.8, 4) is 22.3 Å². The zero-order valence-corrected chi connectivity index (χ0v) is 18.4. The molecule has 1 aliphatic heterocycles. The number of ether oxygens (including phenoxy) is 2. The van der Waals surface area contributed by atoms with E-state index in [1.807, 2.05) is 60.7 Å². The van der Waals surface area contributed by atoms with Gasteiger partial charge in [-0.15, -0.1) is 11.3 Å². The standard InChI is InChI=1S/C25H20N4O3S/c30-25(20-17-33-24(28-20)23-26-11-5-12-27-23)29(13-4-8-18-6-2-1-3-7-18)19-9-10-21-22(16-19)32-15-14-31-21/h1-12,16-17H,13-15H2/b8-4+. The predicted molar refractivity (Wildman–Crippen MR) is 128 cm³/mol. The number of nitrogens with zero attached hydrogens (tertiary/aromatic N) is 4. The van der Waals surface area contributed by atoms with Crippen LogP contribution in [0.5, 0.6) is 11.5 Å². The molecular weight excluding hydrogens is 436 g/mol. The Morgan fingerprint density at radius 2 is 1.79 bits per heavy atom. The second-order valence-corrected chi connectivity index (χ2v) is 8.03. The summed E-state index contributed by atoms with van der Waals surface area (Å²) in [5.41, 5.74) is 2.10. The Hall–Kier alpha value is -4.04. The number of carbonyl (C=O) groups excluding carboxylic acids is 1. The quantitative estimate of drug-likeness (QED) is 0.417. The molecule has 0 radical (unpaired) electrons. The molecule has 7 nitrogen and oxygen atoms in total. The number of hydrogen-bond acceptors (Lipinski definition) is 7. The smallest absolute Gasteiger partial charge is 0.278 e. The summed E-state index contributed by atoms with van der Waals surface area (Å²) in [5, 5.41) is 2.33. The summed E-state index contributed by atoms with van der Waals surface area (Å²) in [7, 11) is 0. The number of amides is 1. The van der Waals surface area contributed by atoms with E-state index in [1.165, 1.54) is 11.3 Å². The maximum Gasteiger partial charge on any atom is 0.278 e. The molecule has 0 unspecified atom stereocenters. The van der Waals surface area contributed by atoms with Crippen molar-refractivity contribution in [3.63, 3.8) is 0 Å². The number of hydrogen-bond donors (Lipinski definition) is 0. The van der Waals surface area contributed by atoms with E-state index in [0.717, 1.165) is 5.56 Å². The third-order valence-corrected chi connectivity index (χ3v) is 5.80. The lowest BCUT2D eigenvalue weighted by atomic mass is 10.2. The highest BCUT2D eigenvalue weighted by atomic mass is 32.1. The average molecular weight is 457 g/mol. The lowest BCUT2D eigenvalue weighted by molar-refractivity contribution is 0.0985. The number of rotatable bonds is 6. The van der Waals surface area contributed by atoms with Crippen LogP contribution in [0.15, 0.2) is 78.4 Å². The van der Waals surface area contributed by atoms with Crippen LogP contribution in [0.2, 0.25) is 0 Å². The number of aromatic nitrogens is 3. The first-order valence-electron chi connectivity index (χ1n) is 10.4. The second-order valence-electron chi connectivity index (χ2n) is 7.17. The van der Waals surface area contributed by atoms with Crippen LogP contribution in [0.1, 0.15) is 16.1 Å². The lowest BCUT2D eigenvalue weighted by Gasteiger charge is -2.24. The first-order chi connectivity index (χ1) is 16.3. The molecule has 5 rings (SSSR count).